The van der Waals surface area contributed by atoms with Gasteiger partial charge in [-0.25, -0.2) is 4.21 Å². The van der Waals surface area contributed by atoms with Gasteiger partial charge in [0.05, 0.1) is 18.0 Å². The van der Waals surface area contributed by atoms with E-state index < -0.39 is 17.0 Å². The number of aryl methyl sites for hydroxylation is 1. The highest BCUT2D eigenvalue weighted by atomic mass is 32.2. The Labute approximate surface area is 148 Å². The molecule has 4 atom stereocenters. The van der Waals surface area contributed by atoms with Crippen molar-refractivity contribution < 1.29 is 13.7 Å². The van der Waals surface area contributed by atoms with Crippen LogP contribution in [0.1, 0.15) is 17.2 Å². The Kier molecular flexibility index (Phi) is 5.08. The number of carbonyl (C=O) groups excluding carboxylic acids is 1. The Hall–Kier alpha value is -1.63. The minimum atomic E-state index is -1.39. The summed E-state index contributed by atoms with van der Waals surface area (Å²) in [5, 5.41) is 0. The first-order valence-corrected chi connectivity index (χ1v) is 9.88. The molecule has 1 aliphatic heterocycles. The molecule has 2 aromatic rings. The van der Waals surface area contributed by atoms with E-state index in [1.54, 1.807) is 16.1 Å². The second-order valence-electron chi connectivity index (χ2n) is 5.61. The summed E-state index contributed by atoms with van der Waals surface area (Å²) >= 11 is 1.66. The van der Waals surface area contributed by atoms with Gasteiger partial charge in [0.15, 0.2) is 0 Å². The van der Waals surface area contributed by atoms with Crippen molar-refractivity contribution in [1.29, 1.82) is 0 Å². The second kappa shape index (κ2) is 7.09. The maximum absolute atomic E-state index is 12.9. The van der Waals surface area contributed by atoms with E-state index in [1.807, 2.05) is 61.7 Å². The van der Waals surface area contributed by atoms with Crippen molar-refractivity contribution in [2.75, 3.05) is 13.4 Å². The largest absolute Gasteiger partial charge is 0.468 e. The fraction of sp³-hybridized carbons (Fsp3) is 0.278. The predicted molar refractivity (Wildman–Crippen MR) is 96.2 cm³/mol. The fourth-order valence-electron chi connectivity index (χ4n) is 2.68. The summed E-state index contributed by atoms with van der Waals surface area (Å²) in [4.78, 5) is 13.9. The molecule has 24 heavy (non-hydrogen) atoms. The highest BCUT2D eigenvalue weighted by molar-refractivity contribution is 7.98. The van der Waals surface area contributed by atoms with Gasteiger partial charge in [-0.3, -0.25) is 4.79 Å². The van der Waals surface area contributed by atoms with Crippen LogP contribution in [0.4, 0.5) is 0 Å². The molecular weight excluding hydrogens is 342 g/mol. The van der Waals surface area contributed by atoms with Crippen LogP contribution in [0, 0.1) is 6.92 Å². The molecule has 126 valence electrons. The number of nitrogens with zero attached hydrogens (tertiary/aromatic N) is 1. The first-order chi connectivity index (χ1) is 11.6. The van der Waals surface area contributed by atoms with Crippen molar-refractivity contribution in [3.63, 3.8) is 0 Å². The Morgan fingerprint density at radius 3 is 2.29 bits per heavy atom. The zero-order valence-electron chi connectivity index (χ0n) is 13.8. The quantitative estimate of drug-likeness (QED) is 0.466. The SMILES string of the molecule is COC(=O)[C@@H]1[C@H](c2ccc(SC)cc2)N1[S@@](=O)c1ccc(C)cc1. The van der Waals surface area contributed by atoms with Crippen LogP contribution in [0.3, 0.4) is 0 Å². The van der Waals surface area contributed by atoms with E-state index >= 15 is 0 Å². The number of hydrogen-bond acceptors (Lipinski definition) is 4. The summed E-state index contributed by atoms with van der Waals surface area (Å²) < 4.78 is 19.5. The smallest absolute Gasteiger partial charge is 0.326 e. The van der Waals surface area contributed by atoms with Crippen LogP contribution in [0.5, 0.6) is 0 Å². The molecule has 0 aromatic heterocycles. The highest BCUT2D eigenvalue weighted by Crippen LogP contribution is 2.46. The maximum Gasteiger partial charge on any atom is 0.326 e. The predicted octanol–water partition coefficient (Wildman–Crippen LogP) is 3.34. The van der Waals surface area contributed by atoms with Gasteiger partial charge < -0.3 is 4.74 Å². The molecule has 1 fully saturated rings. The van der Waals surface area contributed by atoms with Gasteiger partial charge in [-0.05, 0) is 43.0 Å². The van der Waals surface area contributed by atoms with E-state index in [1.165, 1.54) is 7.11 Å². The normalized spacial score (nSPS) is 23.5. The zero-order chi connectivity index (χ0) is 17.3. The monoisotopic (exact) mass is 361 g/mol. The van der Waals surface area contributed by atoms with Gasteiger partial charge in [-0.15, -0.1) is 11.8 Å². The highest BCUT2D eigenvalue weighted by Gasteiger charge is 2.58. The minimum Gasteiger partial charge on any atom is -0.468 e. The molecule has 1 heterocycles. The van der Waals surface area contributed by atoms with Crippen molar-refractivity contribution in [2.24, 2.45) is 0 Å². The summed E-state index contributed by atoms with van der Waals surface area (Å²) in [6.07, 6.45) is 2.02. The number of ether oxygens (including phenoxy) is 1. The van der Waals surface area contributed by atoms with Crippen LogP contribution in [-0.2, 0) is 20.5 Å². The third-order valence-electron chi connectivity index (χ3n) is 4.07. The van der Waals surface area contributed by atoms with E-state index in [-0.39, 0.29) is 12.0 Å². The summed E-state index contributed by atoms with van der Waals surface area (Å²) in [5.74, 6) is -0.352. The Morgan fingerprint density at radius 2 is 1.75 bits per heavy atom. The van der Waals surface area contributed by atoms with Gasteiger partial charge in [0, 0.05) is 4.90 Å². The van der Waals surface area contributed by atoms with E-state index in [9.17, 15) is 9.00 Å². The van der Waals surface area contributed by atoms with Crippen molar-refractivity contribution in [1.82, 2.24) is 4.31 Å². The Balaban J connectivity index is 1.88. The minimum absolute atomic E-state index is 0.213. The number of thioether (sulfide) groups is 1. The van der Waals surface area contributed by atoms with Gasteiger partial charge in [0.1, 0.15) is 17.0 Å². The molecule has 0 N–H and O–H groups in total. The van der Waals surface area contributed by atoms with Crippen LogP contribution in [0.25, 0.3) is 0 Å². The number of rotatable bonds is 5. The van der Waals surface area contributed by atoms with Crippen LogP contribution in [-0.4, -0.2) is 33.9 Å². The number of benzene rings is 2. The Bertz CT molecular complexity index is 759. The molecule has 6 heteroatoms. The number of methoxy groups -OCH3 is 1. The lowest BCUT2D eigenvalue weighted by Gasteiger charge is -2.05. The summed E-state index contributed by atoms with van der Waals surface area (Å²) in [6, 6.07) is 14.8. The average molecular weight is 361 g/mol. The fourth-order valence-corrected chi connectivity index (χ4v) is 4.50. The summed E-state index contributed by atoms with van der Waals surface area (Å²) in [5.41, 5.74) is 2.08. The van der Waals surface area contributed by atoms with Crippen LogP contribution in [0.15, 0.2) is 58.3 Å². The van der Waals surface area contributed by atoms with E-state index in [0.717, 1.165) is 16.0 Å². The van der Waals surface area contributed by atoms with Crippen LogP contribution in [0.2, 0.25) is 0 Å². The molecule has 2 aromatic carbocycles. The molecule has 0 aliphatic carbocycles. The van der Waals surface area contributed by atoms with E-state index in [2.05, 4.69) is 0 Å². The van der Waals surface area contributed by atoms with Gasteiger partial charge in [-0.1, -0.05) is 29.8 Å². The molecule has 3 rings (SSSR count). The van der Waals surface area contributed by atoms with Gasteiger partial charge in [0.25, 0.3) is 0 Å². The van der Waals surface area contributed by atoms with Crippen LogP contribution < -0.4 is 0 Å². The molecule has 1 saturated heterocycles. The van der Waals surface area contributed by atoms with Gasteiger partial charge in [-0.2, -0.15) is 4.31 Å². The van der Waals surface area contributed by atoms with Crippen molar-refractivity contribution in [2.45, 2.75) is 28.8 Å². The third-order valence-corrected chi connectivity index (χ3v) is 6.33. The summed E-state index contributed by atoms with van der Waals surface area (Å²) in [6.45, 7) is 1.98. The molecule has 1 aliphatic rings. The summed E-state index contributed by atoms with van der Waals surface area (Å²) in [7, 11) is -0.0323. The van der Waals surface area contributed by atoms with Crippen molar-refractivity contribution >= 4 is 28.7 Å². The maximum atomic E-state index is 12.9. The lowest BCUT2D eigenvalue weighted by Crippen LogP contribution is -2.16. The lowest BCUT2D eigenvalue weighted by atomic mass is 10.1. The molecule has 4 nitrogen and oxygen atoms in total. The second-order valence-corrected chi connectivity index (χ2v) is 7.88. The third kappa shape index (κ3) is 3.27. The zero-order valence-corrected chi connectivity index (χ0v) is 15.4. The van der Waals surface area contributed by atoms with Crippen molar-refractivity contribution in [3.8, 4) is 0 Å². The molecule has 0 saturated carbocycles. The van der Waals surface area contributed by atoms with E-state index in [0.29, 0.717) is 4.90 Å². The molecule has 0 bridgehead atoms. The number of carbonyl (C=O) groups is 1. The standard InChI is InChI=1S/C18H19NO3S2/c1-12-4-10-15(11-5-12)24(21)19-16(17(19)18(20)22-2)13-6-8-14(23-3)9-7-13/h4-11,16-17H,1-3H3/t16-,17-,19?,24-/m0/s1. The molecule has 1 unspecified atom stereocenters. The Morgan fingerprint density at radius 1 is 1.12 bits per heavy atom. The topological polar surface area (TPSA) is 46.4 Å². The molecule has 0 radical (unpaired) electrons. The van der Waals surface area contributed by atoms with Gasteiger partial charge >= 0.3 is 5.97 Å². The number of hydrogen-bond donors (Lipinski definition) is 0. The van der Waals surface area contributed by atoms with Gasteiger partial charge in [0.2, 0.25) is 0 Å². The first kappa shape index (κ1) is 17.2. The first-order valence-electron chi connectivity index (χ1n) is 7.55. The molecular formula is C18H19NO3S2. The average Bonchev–Trinajstić information content (AvgIpc) is 3.36. The number of esters is 1. The molecule has 0 amide bonds. The lowest BCUT2D eigenvalue weighted by molar-refractivity contribution is -0.140. The molecule has 0 spiro atoms. The van der Waals surface area contributed by atoms with Crippen LogP contribution >= 0.6 is 11.8 Å². The van der Waals surface area contributed by atoms with Crippen molar-refractivity contribution in [3.05, 3.63) is 59.7 Å². The van der Waals surface area contributed by atoms with E-state index in [4.69, 9.17) is 4.74 Å².